The molecule has 0 spiro atoms. The quantitative estimate of drug-likeness (QED) is 0.815. The van der Waals surface area contributed by atoms with Gasteiger partial charge in [-0.05, 0) is 36.9 Å². The molecule has 1 aromatic heterocycles. The van der Waals surface area contributed by atoms with E-state index >= 15 is 0 Å². The van der Waals surface area contributed by atoms with Gasteiger partial charge in [-0.25, -0.2) is 4.68 Å². The van der Waals surface area contributed by atoms with Crippen molar-refractivity contribution in [3.8, 4) is 0 Å². The van der Waals surface area contributed by atoms with Gasteiger partial charge in [0.2, 0.25) is 0 Å². The van der Waals surface area contributed by atoms with E-state index < -0.39 is 5.60 Å². The van der Waals surface area contributed by atoms with Gasteiger partial charge in [-0.15, -0.1) is 0 Å². The Hall–Kier alpha value is -0.920. The van der Waals surface area contributed by atoms with Crippen molar-refractivity contribution in [2.75, 3.05) is 32.5 Å². The van der Waals surface area contributed by atoms with Gasteiger partial charge in [0.1, 0.15) is 4.47 Å². The van der Waals surface area contributed by atoms with Crippen LogP contribution in [0.15, 0.2) is 15.5 Å². The molecule has 0 amide bonds. The summed E-state index contributed by atoms with van der Waals surface area (Å²) in [6.45, 7) is 2.59. The fraction of sp³-hybridized carbons (Fsp3) is 0.636. The lowest BCUT2D eigenvalue weighted by molar-refractivity contribution is 0.0459. The first-order valence-corrected chi connectivity index (χ1v) is 6.35. The first-order valence-electron chi connectivity index (χ1n) is 5.56. The van der Waals surface area contributed by atoms with E-state index in [1.54, 1.807) is 20.2 Å². The maximum absolute atomic E-state index is 11.6. The maximum atomic E-state index is 11.6. The lowest BCUT2D eigenvalue weighted by Crippen LogP contribution is -2.43. The van der Waals surface area contributed by atoms with E-state index in [1.807, 2.05) is 19.0 Å². The van der Waals surface area contributed by atoms with Gasteiger partial charge >= 0.3 is 0 Å². The Morgan fingerprint density at radius 1 is 1.61 bits per heavy atom. The summed E-state index contributed by atoms with van der Waals surface area (Å²) in [5, 5.41) is 17.1. The molecular formula is C11H19BrN4O2. The van der Waals surface area contributed by atoms with Crippen molar-refractivity contribution >= 4 is 21.6 Å². The summed E-state index contributed by atoms with van der Waals surface area (Å²) in [6.07, 6.45) is 1.55. The van der Waals surface area contributed by atoms with Crippen LogP contribution in [0.25, 0.3) is 0 Å². The Bertz CT molecular complexity index is 471. The number of hydrogen-bond acceptors (Lipinski definition) is 5. The molecule has 0 fully saturated rings. The molecule has 0 saturated carbocycles. The number of aryl methyl sites for hydroxylation is 1. The average Bonchev–Trinajstić information content (AvgIpc) is 2.23. The van der Waals surface area contributed by atoms with Crippen LogP contribution in [0.1, 0.15) is 6.92 Å². The Balaban J connectivity index is 2.75. The van der Waals surface area contributed by atoms with Crippen molar-refractivity contribution in [2.45, 2.75) is 12.5 Å². The second-order valence-corrected chi connectivity index (χ2v) is 5.68. The van der Waals surface area contributed by atoms with Crippen molar-refractivity contribution in [2.24, 2.45) is 7.05 Å². The number of likely N-dealkylation sites (N-methyl/N-ethyl adjacent to an activating group) is 1. The molecule has 1 aromatic rings. The van der Waals surface area contributed by atoms with E-state index in [0.717, 1.165) is 0 Å². The minimum atomic E-state index is -0.885. The predicted octanol–water partition coefficient (Wildman–Crippen LogP) is 0.267. The lowest BCUT2D eigenvalue weighted by atomic mass is 10.1. The first-order chi connectivity index (χ1) is 8.23. The molecule has 6 nitrogen and oxygen atoms in total. The lowest BCUT2D eigenvalue weighted by Gasteiger charge is -2.27. The highest BCUT2D eigenvalue weighted by atomic mass is 79.9. The van der Waals surface area contributed by atoms with E-state index in [-0.39, 0.29) is 5.56 Å². The monoisotopic (exact) mass is 318 g/mol. The molecule has 0 saturated heterocycles. The number of anilines is 1. The van der Waals surface area contributed by atoms with Gasteiger partial charge in [0.05, 0.1) is 17.5 Å². The Morgan fingerprint density at radius 2 is 2.22 bits per heavy atom. The minimum absolute atomic E-state index is 0.216. The summed E-state index contributed by atoms with van der Waals surface area (Å²) in [5.41, 5.74) is -0.520. The molecule has 102 valence electrons. The van der Waals surface area contributed by atoms with Crippen LogP contribution in [-0.2, 0) is 7.05 Å². The second-order valence-electron chi connectivity index (χ2n) is 4.89. The maximum Gasteiger partial charge on any atom is 0.282 e. The molecule has 0 aliphatic heterocycles. The smallest absolute Gasteiger partial charge is 0.282 e. The molecule has 0 aliphatic rings. The Kier molecular flexibility index (Phi) is 4.89. The van der Waals surface area contributed by atoms with Crippen LogP contribution in [0.5, 0.6) is 0 Å². The van der Waals surface area contributed by atoms with Gasteiger partial charge in [0.15, 0.2) is 0 Å². The summed E-state index contributed by atoms with van der Waals surface area (Å²) in [7, 11) is 5.37. The summed E-state index contributed by atoms with van der Waals surface area (Å²) < 4.78 is 1.66. The second kappa shape index (κ2) is 5.81. The largest absolute Gasteiger partial charge is 0.387 e. The Morgan fingerprint density at radius 3 is 2.78 bits per heavy atom. The molecule has 2 N–H and O–H groups in total. The highest BCUT2D eigenvalue weighted by Gasteiger charge is 2.21. The fourth-order valence-electron chi connectivity index (χ4n) is 1.66. The van der Waals surface area contributed by atoms with E-state index in [0.29, 0.717) is 23.2 Å². The van der Waals surface area contributed by atoms with Crippen LogP contribution in [0, 0.1) is 0 Å². The van der Waals surface area contributed by atoms with Crippen LogP contribution < -0.4 is 10.9 Å². The van der Waals surface area contributed by atoms with E-state index in [9.17, 15) is 9.90 Å². The van der Waals surface area contributed by atoms with Crippen LogP contribution in [0.2, 0.25) is 0 Å². The third-order valence-corrected chi connectivity index (χ3v) is 3.16. The van der Waals surface area contributed by atoms with Crippen LogP contribution in [0.4, 0.5) is 5.69 Å². The third-order valence-electron chi connectivity index (χ3n) is 2.39. The molecule has 1 atom stereocenters. The number of aromatic nitrogens is 2. The summed E-state index contributed by atoms with van der Waals surface area (Å²) in [4.78, 5) is 13.5. The number of rotatable bonds is 5. The molecule has 0 aliphatic carbocycles. The standard InChI is InChI=1S/C11H19BrN4O2/c1-11(18,7-15(2)3)6-13-8-5-14-16(4)10(17)9(8)12/h5,13,18H,6-7H2,1-4H3. The molecular weight excluding hydrogens is 300 g/mol. The van der Waals surface area contributed by atoms with E-state index in [1.165, 1.54) is 4.68 Å². The normalized spacial score (nSPS) is 14.6. The van der Waals surface area contributed by atoms with E-state index in [2.05, 4.69) is 26.3 Å². The van der Waals surface area contributed by atoms with Gasteiger partial charge in [-0.3, -0.25) is 4.79 Å². The van der Waals surface area contributed by atoms with Crippen LogP contribution in [-0.4, -0.2) is 52.6 Å². The zero-order valence-electron chi connectivity index (χ0n) is 11.1. The van der Waals surface area contributed by atoms with Gasteiger partial charge in [0, 0.05) is 20.1 Å². The third kappa shape index (κ3) is 4.08. The van der Waals surface area contributed by atoms with Crippen molar-refractivity contribution in [1.29, 1.82) is 0 Å². The number of nitrogens with zero attached hydrogens (tertiary/aromatic N) is 3. The molecule has 18 heavy (non-hydrogen) atoms. The van der Waals surface area contributed by atoms with Crippen molar-refractivity contribution in [1.82, 2.24) is 14.7 Å². The molecule has 1 heterocycles. The molecule has 1 rings (SSSR count). The minimum Gasteiger partial charge on any atom is -0.387 e. The van der Waals surface area contributed by atoms with E-state index in [4.69, 9.17) is 0 Å². The van der Waals surface area contributed by atoms with Gasteiger partial charge in [-0.1, -0.05) is 0 Å². The zero-order chi connectivity index (χ0) is 13.9. The van der Waals surface area contributed by atoms with Gasteiger partial charge in [-0.2, -0.15) is 5.10 Å². The molecule has 0 aromatic carbocycles. The van der Waals surface area contributed by atoms with Gasteiger partial charge in [0.25, 0.3) is 5.56 Å². The number of nitrogens with one attached hydrogen (secondary N) is 1. The summed E-state index contributed by atoms with van der Waals surface area (Å²) >= 11 is 3.22. The SMILES string of the molecule is CN(C)CC(C)(O)CNc1cnn(C)c(=O)c1Br. The molecule has 0 bridgehead atoms. The molecule has 1 unspecified atom stereocenters. The van der Waals surface area contributed by atoms with Crippen LogP contribution >= 0.6 is 15.9 Å². The zero-order valence-corrected chi connectivity index (χ0v) is 12.7. The predicted molar refractivity (Wildman–Crippen MR) is 74.8 cm³/mol. The topological polar surface area (TPSA) is 70.4 Å². The number of aliphatic hydroxyl groups is 1. The average molecular weight is 319 g/mol. The first kappa shape index (κ1) is 15.1. The fourth-order valence-corrected chi connectivity index (χ4v) is 2.16. The number of hydrogen-bond donors (Lipinski definition) is 2. The number of halogens is 1. The highest BCUT2D eigenvalue weighted by Crippen LogP contribution is 2.17. The molecule has 0 radical (unpaired) electrons. The summed E-state index contributed by atoms with van der Waals surface area (Å²) in [6, 6.07) is 0. The van der Waals surface area contributed by atoms with Crippen LogP contribution in [0.3, 0.4) is 0 Å². The van der Waals surface area contributed by atoms with Gasteiger partial charge < -0.3 is 15.3 Å². The van der Waals surface area contributed by atoms with Crippen molar-refractivity contribution < 1.29 is 5.11 Å². The molecule has 7 heteroatoms. The van der Waals surface area contributed by atoms with Crippen molar-refractivity contribution in [3.63, 3.8) is 0 Å². The summed E-state index contributed by atoms with van der Waals surface area (Å²) in [5.74, 6) is 0. The van der Waals surface area contributed by atoms with Crippen molar-refractivity contribution in [3.05, 3.63) is 21.0 Å². The highest BCUT2D eigenvalue weighted by molar-refractivity contribution is 9.10. The Labute approximate surface area is 115 Å².